The number of hydrogen-bond acceptors (Lipinski definition) is 1. The zero-order chi connectivity index (χ0) is 15.8. The molecule has 0 spiro atoms. The molecule has 0 radical (unpaired) electrons. The van der Waals surface area contributed by atoms with Gasteiger partial charge in [0, 0.05) is 24.3 Å². The first kappa shape index (κ1) is 19.8. The lowest BCUT2D eigenvalue weighted by atomic mass is 10.1. The van der Waals surface area contributed by atoms with Gasteiger partial charge in [-0.2, -0.15) is 0 Å². The number of unbranched alkanes of at least 4 members (excludes halogenated alkanes) is 2. The second-order valence-electron chi connectivity index (χ2n) is 5.85. The molecule has 5 heteroatoms. The molecule has 2 rings (SSSR count). The second-order valence-corrected chi connectivity index (χ2v) is 5.85. The van der Waals surface area contributed by atoms with Gasteiger partial charge in [-0.3, -0.25) is 4.99 Å². The largest absolute Gasteiger partial charge is 0.357 e. The summed E-state index contributed by atoms with van der Waals surface area (Å²) in [6.07, 6.45) is 5.01. The SMILES string of the molecule is CCCCCC(C)NC(=NC)NCc1cc2ccccc2[nH]1.I. The number of nitrogens with zero attached hydrogens (tertiary/aromatic N) is 1. The predicted octanol–water partition coefficient (Wildman–Crippen LogP) is 4.42. The maximum absolute atomic E-state index is 4.31. The molecular formula is C18H29IN4. The molecule has 0 aliphatic heterocycles. The van der Waals surface area contributed by atoms with Gasteiger partial charge in [0.1, 0.15) is 0 Å². The summed E-state index contributed by atoms with van der Waals surface area (Å²) in [5.74, 6) is 0.864. The highest BCUT2D eigenvalue weighted by Crippen LogP contribution is 2.14. The van der Waals surface area contributed by atoms with Gasteiger partial charge in [-0.15, -0.1) is 24.0 Å². The minimum Gasteiger partial charge on any atom is -0.357 e. The molecule has 1 unspecified atom stereocenters. The van der Waals surface area contributed by atoms with E-state index in [1.807, 2.05) is 7.05 Å². The Morgan fingerprint density at radius 2 is 2.04 bits per heavy atom. The van der Waals surface area contributed by atoms with E-state index < -0.39 is 0 Å². The van der Waals surface area contributed by atoms with Crippen LogP contribution in [0.2, 0.25) is 0 Å². The van der Waals surface area contributed by atoms with Crippen molar-refractivity contribution in [2.45, 2.75) is 52.1 Å². The summed E-state index contributed by atoms with van der Waals surface area (Å²) in [5, 5.41) is 8.08. The molecule has 1 aromatic heterocycles. The maximum Gasteiger partial charge on any atom is 0.191 e. The zero-order valence-electron chi connectivity index (χ0n) is 14.4. The molecule has 0 bridgehead atoms. The Hall–Kier alpha value is -1.24. The van der Waals surface area contributed by atoms with E-state index in [0.29, 0.717) is 6.04 Å². The molecule has 23 heavy (non-hydrogen) atoms. The summed E-state index contributed by atoms with van der Waals surface area (Å²) < 4.78 is 0. The van der Waals surface area contributed by atoms with Gasteiger partial charge in [-0.1, -0.05) is 44.4 Å². The molecule has 4 nitrogen and oxygen atoms in total. The number of benzene rings is 1. The smallest absolute Gasteiger partial charge is 0.191 e. The number of para-hydroxylation sites is 1. The Bertz CT molecular complexity index is 573. The number of aromatic nitrogens is 1. The number of aromatic amines is 1. The van der Waals surface area contributed by atoms with E-state index in [-0.39, 0.29) is 24.0 Å². The maximum atomic E-state index is 4.31. The van der Waals surface area contributed by atoms with Crippen LogP contribution in [0.15, 0.2) is 35.3 Å². The van der Waals surface area contributed by atoms with Crippen LogP contribution in [0.1, 0.15) is 45.2 Å². The highest BCUT2D eigenvalue weighted by atomic mass is 127. The molecule has 128 valence electrons. The molecule has 0 amide bonds. The van der Waals surface area contributed by atoms with Gasteiger partial charge in [0.25, 0.3) is 0 Å². The first-order valence-electron chi connectivity index (χ1n) is 8.26. The fraction of sp³-hybridized carbons (Fsp3) is 0.500. The van der Waals surface area contributed by atoms with Crippen LogP contribution < -0.4 is 10.6 Å². The molecule has 1 heterocycles. The number of H-pyrrole nitrogens is 1. The van der Waals surface area contributed by atoms with Crippen molar-refractivity contribution in [2.24, 2.45) is 4.99 Å². The van der Waals surface area contributed by atoms with E-state index in [9.17, 15) is 0 Å². The van der Waals surface area contributed by atoms with Gasteiger partial charge in [-0.25, -0.2) is 0 Å². The predicted molar refractivity (Wildman–Crippen MR) is 111 cm³/mol. The van der Waals surface area contributed by atoms with Gasteiger partial charge in [0.05, 0.1) is 6.54 Å². The summed E-state index contributed by atoms with van der Waals surface area (Å²) in [5.41, 5.74) is 2.35. The zero-order valence-corrected chi connectivity index (χ0v) is 16.7. The lowest BCUT2D eigenvalue weighted by molar-refractivity contribution is 0.546. The number of rotatable bonds is 7. The summed E-state index contributed by atoms with van der Waals surface area (Å²) in [7, 11) is 1.82. The summed E-state index contributed by atoms with van der Waals surface area (Å²) in [6.45, 7) is 5.19. The fourth-order valence-corrected chi connectivity index (χ4v) is 2.61. The fourth-order valence-electron chi connectivity index (χ4n) is 2.61. The highest BCUT2D eigenvalue weighted by molar-refractivity contribution is 14.0. The summed E-state index contributed by atoms with van der Waals surface area (Å²) in [4.78, 5) is 7.73. The number of aliphatic imine (C=N–C) groups is 1. The second kappa shape index (κ2) is 10.5. The Balaban J connectivity index is 0.00000264. The molecule has 0 saturated carbocycles. The number of guanidine groups is 1. The molecule has 0 aliphatic carbocycles. The number of hydrogen-bond donors (Lipinski definition) is 3. The molecule has 2 aromatic rings. The third-order valence-corrected chi connectivity index (χ3v) is 3.88. The summed E-state index contributed by atoms with van der Waals surface area (Å²) in [6, 6.07) is 11.0. The molecule has 1 aromatic carbocycles. The number of fused-ring (bicyclic) bond motifs is 1. The van der Waals surface area contributed by atoms with Crippen LogP contribution in [0.25, 0.3) is 10.9 Å². The van der Waals surface area contributed by atoms with E-state index in [1.54, 1.807) is 0 Å². The quantitative estimate of drug-likeness (QED) is 0.265. The van der Waals surface area contributed by atoms with Crippen molar-refractivity contribution < 1.29 is 0 Å². The average Bonchev–Trinajstić information content (AvgIpc) is 2.94. The van der Waals surface area contributed by atoms with Gasteiger partial charge in [0.2, 0.25) is 0 Å². The number of halogens is 1. The first-order chi connectivity index (χ1) is 10.7. The molecule has 0 saturated heterocycles. The average molecular weight is 428 g/mol. The van der Waals surface area contributed by atoms with Crippen molar-refractivity contribution >= 4 is 40.8 Å². The molecule has 1 atom stereocenters. The van der Waals surface area contributed by atoms with Crippen LogP contribution in [0.3, 0.4) is 0 Å². The molecule has 0 aliphatic rings. The van der Waals surface area contributed by atoms with Gasteiger partial charge in [-0.05, 0) is 30.9 Å². The van der Waals surface area contributed by atoms with E-state index >= 15 is 0 Å². The van der Waals surface area contributed by atoms with Gasteiger partial charge in [0.15, 0.2) is 5.96 Å². The van der Waals surface area contributed by atoms with Crippen molar-refractivity contribution in [1.82, 2.24) is 15.6 Å². The monoisotopic (exact) mass is 428 g/mol. The topological polar surface area (TPSA) is 52.2 Å². The van der Waals surface area contributed by atoms with Crippen molar-refractivity contribution in [3.8, 4) is 0 Å². The lowest BCUT2D eigenvalue weighted by Crippen LogP contribution is -2.41. The van der Waals surface area contributed by atoms with E-state index in [2.05, 4.69) is 64.8 Å². The van der Waals surface area contributed by atoms with Crippen molar-refractivity contribution in [3.05, 3.63) is 36.0 Å². The Morgan fingerprint density at radius 3 is 2.74 bits per heavy atom. The first-order valence-corrected chi connectivity index (χ1v) is 8.26. The van der Waals surface area contributed by atoms with Crippen LogP contribution >= 0.6 is 24.0 Å². The Morgan fingerprint density at radius 1 is 1.26 bits per heavy atom. The molecule has 3 N–H and O–H groups in total. The van der Waals surface area contributed by atoms with Gasteiger partial charge >= 0.3 is 0 Å². The third-order valence-electron chi connectivity index (χ3n) is 3.88. The lowest BCUT2D eigenvalue weighted by Gasteiger charge is -2.17. The Kier molecular flexibility index (Phi) is 9.06. The van der Waals surface area contributed by atoms with Crippen molar-refractivity contribution in [1.29, 1.82) is 0 Å². The van der Waals surface area contributed by atoms with E-state index in [1.165, 1.54) is 42.3 Å². The Labute approximate surface area is 156 Å². The van der Waals surface area contributed by atoms with Crippen LogP contribution in [0.5, 0.6) is 0 Å². The highest BCUT2D eigenvalue weighted by Gasteiger charge is 2.06. The van der Waals surface area contributed by atoms with Crippen LogP contribution in [-0.2, 0) is 6.54 Å². The minimum absolute atomic E-state index is 0. The molecule has 0 fully saturated rings. The van der Waals surface area contributed by atoms with E-state index in [0.717, 1.165) is 12.5 Å². The third kappa shape index (κ3) is 6.41. The standard InChI is InChI=1S/C18H28N4.HI/c1-4-5-6-9-14(2)21-18(19-3)20-13-16-12-15-10-7-8-11-17(15)22-16;/h7-8,10-12,14,22H,4-6,9,13H2,1-3H3,(H2,19,20,21);1H. The van der Waals surface area contributed by atoms with Crippen molar-refractivity contribution in [2.75, 3.05) is 7.05 Å². The van der Waals surface area contributed by atoms with Crippen LogP contribution in [0, 0.1) is 0 Å². The summed E-state index contributed by atoms with van der Waals surface area (Å²) >= 11 is 0. The van der Waals surface area contributed by atoms with Gasteiger partial charge < -0.3 is 15.6 Å². The van der Waals surface area contributed by atoms with Crippen molar-refractivity contribution in [3.63, 3.8) is 0 Å². The number of nitrogens with one attached hydrogen (secondary N) is 3. The molecular weight excluding hydrogens is 399 g/mol. The van der Waals surface area contributed by atoms with Crippen LogP contribution in [-0.4, -0.2) is 24.0 Å². The normalized spacial score (nSPS) is 12.7. The minimum atomic E-state index is 0. The van der Waals surface area contributed by atoms with Crippen LogP contribution in [0.4, 0.5) is 0 Å². The van der Waals surface area contributed by atoms with E-state index in [4.69, 9.17) is 0 Å².